The Labute approximate surface area is 102 Å². The van der Waals surface area contributed by atoms with E-state index in [-0.39, 0.29) is 12.6 Å². The predicted octanol–water partition coefficient (Wildman–Crippen LogP) is 2.57. The lowest BCUT2D eigenvalue weighted by Crippen LogP contribution is -2.01. The first kappa shape index (κ1) is 13.7. The monoisotopic (exact) mass is 236 g/mol. The normalized spacial score (nSPS) is 10.2. The summed E-state index contributed by atoms with van der Waals surface area (Å²) in [6.45, 7) is 0.276. The molecule has 3 nitrogen and oxygen atoms in total. The molecule has 0 amide bonds. The van der Waals surface area contributed by atoms with Crippen LogP contribution in [0, 0.1) is 0 Å². The number of aliphatic hydroxyl groups excluding tert-OH is 1. The van der Waals surface area contributed by atoms with Gasteiger partial charge in [0.25, 0.3) is 0 Å². The molecule has 17 heavy (non-hydrogen) atoms. The van der Waals surface area contributed by atoms with E-state index in [9.17, 15) is 4.79 Å². The first-order valence-electron chi connectivity index (χ1n) is 6.06. The fourth-order valence-corrected chi connectivity index (χ4v) is 1.77. The van der Waals surface area contributed by atoms with Crippen molar-refractivity contribution in [1.82, 2.24) is 0 Å². The van der Waals surface area contributed by atoms with E-state index in [0.29, 0.717) is 5.56 Å². The highest BCUT2D eigenvalue weighted by Gasteiger charge is 2.05. The van der Waals surface area contributed by atoms with Crippen molar-refractivity contribution in [2.75, 3.05) is 13.7 Å². The Morgan fingerprint density at radius 2 is 2.00 bits per heavy atom. The number of unbranched alkanes of at least 4 members (excludes halogenated alkanes) is 3. The van der Waals surface area contributed by atoms with Crippen LogP contribution in [0.2, 0.25) is 0 Å². The minimum Gasteiger partial charge on any atom is -0.465 e. The van der Waals surface area contributed by atoms with E-state index in [0.717, 1.165) is 37.7 Å². The molecule has 1 aromatic rings. The number of aryl methyl sites for hydroxylation is 1. The molecular formula is C14H20O3. The lowest BCUT2D eigenvalue weighted by Gasteiger charge is -2.04. The predicted molar refractivity (Wildman–Crippen MR) is 67.0 cm³/mol. The summed E-state index contributed by atoms with van der Waals surface area (Å²) < 4.78 is 4.68. The van der Waals surface area contributed by atoms with Gasteiger partial charge >= 0.3 is 5.97 Å². The summed E-state index contributed by atoms with van der Waals surface area (Å²) in [5, 5.41) is 8.66. The van der Waals surface area contributed by atoms with Crippen LogP contribution in [0.3, 0.4) is 0 Å². The Hall–Kier alpha value is -1.35. The summed E-state index contributed by atoms with van der Waals surface area (Å²) in [5.41, 5.74) is 1.78. The van der Waals surface area contributed by atoms with Crippen LogP contribution in [0.25, 0.3) is 0 Å². The molecule has 0 saturated carbocycles. The molecule has 0 aliphatic rings. The SMILES string of the molecule is COC(=O)c1cccc(CCCCCCO)c1. The van der Waals surface area contributed by atoms with Crippen molar-refractivity contribution in [3.05, 3.63) is 35.4 Å². The number of carbonyl (C=O) groups excluding carboxylic acids is 1. The van der Waals surface area contributed by atoms with Crippen molar-refractivity contribution in [2.24, 2.45) is 0 Å². The highest BCUT2D eigenvalue weighted by molar-refractivity contribution is 5.89. The van der Waals surface area contributed by atoms with Gasteiger partial charge in [-0.2, -0.15) is 0 Å². The van der Waals surface area contributed by atoms with Gasteiger partial charge in [0.2, 0.25) is 0 Å². The number of methoxy groups -OCH3 is 1. The van der Waals surface area contributed by atoms with Gasteiger partial charge in [-0.05, 0) is 37.0 Å². The maximum Gasteiger partial charge on any atom is 0.337 e. The van der Waals surface area contributed by atoms with Crippen LogP contribution < -0.4 is 0 Å². The fourth-order valence-electron chi connectivity index (χ4n) is 1.77. The average Bonchev–Trinajstić information content (AvgIpc) is 2.38. The van der Waals surface area contributed by atoms with Crippen molar-refractivity contribution in [1.29, 1.82) is 0 Å². The molecule has 0 radical (unpaired) electrons. The second-order valence-electron chi connectivity index (χ2n) is 4.08. The zero-order valence-electron chi connectivity index (χ0n) is 10.3. The third-order valence-corrected chi connectivity index (χ3v) is 2.72. The topological polar surface area (TPSA) is 46.5 Å². The van der Waals surface area contributed by atoms with E-state index in [1.165, 1.54) is 7.11 Å². The van der Waals surface area contributed by atoms with Gasteiger partial charge in [0.15, 0.2) is 0 Å². The molecule has 1 rings (SSSR count). The molecule has 1 aromatic carbocycles. The van der Waals surface area contributed by atoms with E-state index >= 15 is 0 Å². The third-order valence-electron chi connectivity index (χ3n) is 2.72. The second kappa shape index (κ2) is 7.85. The van der Waals surface area contributed by atoms with Crippen molar-refractivity contribution in [2.45, 2.75) is 32.1 Å². The highest BCUT2D eigenvalue weighted by Crippen LogP contribution is 2.11. The largest absolute Gasteiger partial charge is 0.465 e. The first-order chi connectivity index (χ1) is 8.27. The maximum absolute atomic E-state index is 11.3. The molecule has 94 valence electrons. The quantitative estimate of drug-likeness (QED) is 0.584. The van der Waals surface area contributed by atoms with Gasteiger partial charge in [0.1, 0.15) is 0 Å². The van der Waals surface area contributed by atoms with Gasteiger partial charge in [-0.15, -0.1) is 0 Å². The van der Waals surface area contributed by atoms with E-state index in [1.54, 1.807) is 6.07 Å². The van der Waals surface area contributed by atoms with Crippen LogP contribution >= 0.6 is 0 Å². The van der Waals surface area contributed by atoms with Crippen molar-refractivity contribution >= 4 is 5.97 Å². The van der Waals surface area contributed by atoms with Crippen LogP contribution in [0.15, 0.2) is 24.3 Å². The van der Waals surface area contributed by atoms with Gasteiger partial charge < -0.3 is 9.84 Å². The summed E-state index contributed by atoms with van der Waals surface area (Å²) in [6, 6.07) is 7.56. The number of benzene rings is 1. The second-order valence-corrected chi connectivity index (χ2v) is 4.08. The number of esters is 1. The molecule has 0 aromatic heterocycles. The van der Waals surface area contributed by atoms with Crippen LogP contribution in [0.5, 0.6) is 0 Å². The molecule has 0 fully saturated rings. The summed E-state index contributed by atoms with van der Waals surface area (Å²) >= 11 is 0. The van der Waals surface area contributed by atoms with Crippen molar-refractivity contribution < 1.29 is 14.6 Å². The molecule has 0 heterocycles. The number of hydrogen-bond acceptors (Lipinski definition) is 3. The Bertz CT molecular complexity index is 347. The van der Waals surface area contributed by atoms with E-state index in [1.807, 2.05) is 18.2 Å². The fraction of sp³-hybridized carbons (Fsp3) is 0.500. The molecule has 0 unspecified atom stereocenters. The number of hydrogen-bond donors (Lipinski definition) is 1. The number of aliphatic hydroxyl groups is 1. The van der Waals surface area contributed by atoms with Gasteiger partial charge in [-0.3, -0.25) is 0 Å². The van der Waals surface area contributed by atoms with Gasteiger partial charge in [-0.25, -0.2) is 4.79 Å². The van der Waals surface area contributed by atoms with E-state index in [2.05, 4.69) is 4.74 Å². The average molecular weight is 236 g/mol. The minimum atomic E-state index is -0.285. The molecule has 0 bridgehead atoms. The zero-order chi connectivity index (χ0) is 12.5. The molecular weight excluding hydrogens is 216 g/mol. The van der Waals surface area contributed by atoms with E-state index in [4.69, 9.17) is 5.11 Å². The van der Waals surface area contributed by atoms with Crippen LogP contribution in [-0.2, 0) is 11.2 Å². The number of ether oxygens (including phenoxy) is 1. The lowest BCUT2D eigenvalue weighted by molar-refractivity contribution is 0.0600. The highest BCUT2D eigenvalue weighted by atomic mass is 16.5. The minimum absolute atomic E-state index is 0.276. The maximum atomic E-state index is 11.3. The lowest BCUT2D eigenvalue weighted by atomic mass is 10.0. The Morgan fingerprint density at radius 1 is 1.24 bits per heavy atom. The smallest absolute Gasteiger partial charge is 0.337 e. The van der Waals surface area contributed by atoms with Gasteiger partial charge in [0, 0.05) is 6.61 Å². The zero-order valence-corrected chi connectivity index (χ0v) is 10.3. The molecule has 0 spiro atoms. The first-order valence-corrected chi connectivity index (χ1v) is 6.06. The Kier molecular flexibility index (Phi) is 6.33. The van der Waals surface area contributed by atoms with Crippen LogP contribution in [0.1, 0.15) is 41.6 Å². The van der Waals surface area contributed by atoms with Crippen molar-refractivity contribution in [3.63, 3.8) is 0 Å². The summed E-state index contributed by atoms with van der Waals surface area (Å²) in [7, 11) is 1.39. The summed E-state index contributed by atoms with van der Waals surface area (Å²) in [5.74, 6) is -0.285. The molecule has 0 saturated heterocycles. The van der Waals surface area contributed by atoms with Crippen LogP contribution in [-0.4, -0.2) is 24.8 Å². The summed E-state index contributed by atoms with van der Waals surface area (Å²) in [4.78, 5) is 11.3. The third kappa shape index (κ3) is 5.00. The van der Waals surface area contributed by atoms with Gasteiger partial charge in [0.05, 0.1) is 12.7 Å². The molecule has 1 N–H and O–H groups in total. The molecule has 3 heteroatoms. The summed E-state index contributed by atoms with van der Waals surface area (Å²) in [6.07, 6.45) is 5.11. The van der Waals surface area contributed by atoms with Crippen LogP contribution in [0.4, 0.5) is 0 Å². The Balaban J connectivity index is 2.40. The Morgan fingerprint density at radius 3 is 2.71 bits per heavy atom. The molecule has 0 aliphatic carbocycles. The number of rotatable bonds is 7. The van der Waals surface area contributed by atoms with E-state index < -0.39 is 0 Å². The standard InChI is InChI=1S/C14H20O3/c1-17-14(16)13-9-6-8-12(11-13)7-4-2-3-5-10-15/h6,8-9,11,15H,2-5,7,10H2,1H3. The molecule has 0 atom stereocenters. The number of carbonyl (C=O) groups is 1. The molecule has 0 aliphatic heterocycles. The van der Waals surface area contributed by atoms with Gasteiger partial charge in [-0.1, -0.05) is 25.0 Å². The van der Waals surface area contributed by atoms with Crippen molar-refractivity contribution in [3.8, 4) is 0 Å².